The normalized spacial score (nSPS) is 18.6. The molecule has 0 atom stereocenters. The number of H-pyrrole nitrogens is 1. The number of piperidine rings is 1. The van der Waals surface area contributed by atoms with Gasteiger partial charge >= 0.3 is 0 Å². The largest absolute Gasteiger partial charge is 0.367 e. The maximum Gasteiger partial charge on any atom is 0.182 e. The molecule has 0 unspecified atom stereocenters. The molecule has 8 nitrogen and oxygen atoms in total. The van der Waals surface area contributed by atoms with Crippen LogP contribution in [0, 0.1) is 0 Å². The Morgan fingerprint density at radius 3 is 2.76 bits per heavy atom. The maximum absolute atomic E-state index is 4.67. The zero-order valence-electron chi connectivity index (χ0n) is 13.9. The molecule has 3 aromatic rings. The second-order valence-corrected chi connectivity index (χ2v) is 6.78. The van der Waals surface area contributed by atoms with Gasteiger partial charge in [-0.3, -0.25) is 0 Å². The van der Waals surface area contributed by atoms with Crippen molar-refractivity contribution in [3.05, 3.63) is 30.7 Å². The van der Waals surface area contributed by atoms with Gasteiger partial charge in [0.25, 0.3) is 0 Å². The molecule has 1 saturated heterocycles. The van der Waals surface area contributed by atoms with E-state index in [2.05, 4.69) is 40.1 Å². The minimum Gasteiger partial charge on any atom is -0.367 e. The fraction of sp³-hybridized carbons (Fsp3) is 0.471. The van der Waals surface area contributed by atoms with Gasteiger partial charge < -0.3 is 15.2 Å². The van der Waals surface area contributed by atoms with Gasteiger partial charge in [-0.1, -0.05) is 0 Å². The molecule has 3 aromatic heterocycles. The van der Waals surface area contributed by atoms with Gasteiger partial charge in [-0.25, -0.2) is 24.9 Å². The van der Waals surface area contributed by atoms with Crippen LogP contribution in [0.1, 0.15) is 37.4 Å². The highest BCUT2D eigenvalue weighted by Gasteiger charge is 2.27. The third kappa shape index (κ3) is 2.88. The summed E-state index contributed by atoms with van der Waals surface area (Å²) in [4.78, 5) is 27.4. The first-order chi connectivity index (χ1) is 12.4. The molecule has 1 saturated carbocycles. The van der Waals surface area contributed by atoms with E-state index in [-0.39, 0.29) is 0 Å². The van der Waals surface area contributed by atoms with Gasteiger partial charge in [-0.2, -0.15) is 0 Å². The van der Waals surface area contributed by atoms with Crippen LogP contribution >= 0.6 is 0 Å². The van der Waals surface area contributed by atoms with Crippen LogP contribution in [0.4, 0.5) is 11.6 Å². The Bertz CT molecular complexity index is 879. The molecule has 0 bridgehead atoms. The predicted molar refractivity (Wildman–Crippen MR) is 94.5 cm³/mol. The molecule has 2 fully saturated rings. The van der Waals surface area contributed by atoms with Crippen LogP contribution in [0.25, 0.3) is 11.2 Å². The standard InChI is InChI=1S/C17H20N8/c1-2-11(1)15-18-6-3-13(24-15)23-12-4-7-25(8-5-12)17-14-16(20-9-19-14)21-10-22-17/h3,6,9-12H,1-2,4-5,7-8H2,(H,18,23,24)(H,19,20,21,22). The summed E-state index contributed by atoms with van der Waals surface area (Å²) in [5.74, 6) is 3.47. The number of aromatic amines is 1. The number of nitrogens with zero attached hydrogens (tertiary/aromatic N) is 6. The average molecular weight is 336 g/mol. The number of anilines is 2. The smallest absolute Gasteiger partial charge is 0.182 e. The minimum atomic E-state index is 0.428. The highest BCUT2D eigenvalue weighted by molar-refractivity contribution is 5.82. The number of hydrogen-bond donors (Lipinski definition) is 2. The van der Waals surface area contributed by atoms with Crippen molar-refractivity contribution >= 4 is 22.8 Å². The lowest BCUT2D eigenvalue weighted by molar-refractivity contribution is 0.522. The van der Waals surface area contributed by atoms with E-state index in [4.69, 9.17) is 0 Å². The molecule has 5 rings (SSSR count). The zero-order chi connectivity index (χ0) is 16.6. The molecule has 0 spiro atoms. The molecule has 8 heteroatoms. The molecule has 0 amide bonds. The monoisotopic (exact) mass is 336 g/mol. The van der Waals surface area contributed by atoms with Crippen molar-refractivity contribution in [3.8, 4) is 0 Å². The lowest BCUT2D eigenvalue weighted by Gasteiger charge is -2.33. The summed E-state index contributed by atoms with van der Waals surface area (Å²) < 4.78 is 0. The Labute approximate surface area is 145 Å². The summed E-state index contributed by atoms with van der Waals surface area (Å²) in [5.41, 5.74) is 1.64. The maximum atomic E-state index is 4.67. The summed E-state index contributed by atoms with van der Waals surface area (Å²) in [6.45, 7) is 1.90. The number of aromatic nitrogens is 6. The summed E-state index contributed by atoms with van der Waals surface area (Å²) in [6.07, 6.45) is 9.66. The van der Waals surface area contributed by atoms with E-state index >= 15 is 0 Å². The Morgan fingerprint density at radius 1 is 1.04 bits per heavy atom. The molecule has 0 aromatic carbocycles. The zero-order valence-corrected chi connectivity index (χ0v) is 13.9. The van der Waals surface area contributed by atoms with Gasteiger partial charge in [-0.15, -0.1) is 0 Å². The fourth-order valence-electron chi connectivity index (χ4n) is 3.43. The second-order valence-electron chi connectivity index (χ2n) is 6.78. The number of rotatable bonds is 4. The van der Waals surface area contributed by atoms with Gasteiger partial charge in [0.05, 0.1) is 6.33 Å². The van der Waals surface area contributed by atoms with Crippen LogP contribution in [0.3, 0.4) is 0 Å². The van der Waals surface area contributed by atoms with Crippen LogP contribution < -0.4 is 10.2 Å². The molecule has 2 N–H and O–H groups in total. The van der Waals surface area contributed by atoms with E-state index in [1.165, 1.54) is 12.8 Å². The third-order valence-corrected chi connectivity index (χ3v) is 4.97. The summed E-state index contributed by atoms with van der Waals surface area (Å²) in [5, 5.41) is 3.58. The van der Waals surface area contributed by atoms with Crippen molar-refractivity contribution in [2.75, 3.05) is 23.3 Å². The SMILES string of the molecule is c1cc(NC2CCN(c3ncnc4nc[nH]c34)CC2)nc(C2CC2)n1. The molecule has 2 aliphatic rings. The number of nitrogens with one attached hydrogen (secondary N) is 2. The molecule has 0 radical (unpaired) electrons. The summed E-state index contributed by atoms with van der Waals surface area (Å²) in [7, 11) is 0. The van der Waals surface area contributed by atoms with E-state index < -0.39 is 0 Å². The highest BCUT2D eigenvalue weighted by Crippen LogP contribution is 2.38. The molecular formula is C17H20N8. The van der Waals surface area contributed by atoms with Gasteiger partial charge in [0.15, 0.2) is 11.5 Å². The van der Waals surface area contributed by atoms with E-state index in [0.29, 0.717) is 12.0 Å². The van der Waals surface area contributed by atoms with Crippen molar-refractivity contribution < 1.29 is 0 Å². The first kappa shape index (κ1) is 14.6. The average Bonchev–Trinajstić information content (AvgIpc) is 3.39. The quantitative estimate of drug-likeness (QED) is 0.753. The molecule has 1 aliphatic carbocycles. The van der Waals surface area contributed by atoms with E-state index in [1.54, 1.807) is 12.7 Å². The number of fused-ring (bicyclic) bond motifs is 1. The second kappa shape index (κ2) is 5.94. The van der Waals surface area contributed by atoms with Crippen LogP contribution in [0.15, 0.2) is 24.9 Å². The topological polar surface area (TPSA) is 95.5 Å². The van der Waals surface area contributed by atoms with Crippen LogP contribution in [-0.4, -0.2) is 49.0 Å². The lowest BCUT2D eigenvalue weighted by Crippen LogP contribution is -2.39. The first-order valence-electron chi connectivity index (χ1n) is 8.85. The van der Waals surface area contributed by atoms with E-state index in [0.717, 1.165) is 54.6 Å². The van der Waals surface area contributed by atoms with Crippen LogP contribution in [0.5, 0.6) is 0 Å². The molecule has 128 valence electrons. The summed E-state index contributed by atoms with van der Waals surface area (Å²) in [6, 6.07) is 2.40. The van der Waals surface area contributed by atoms with Crippen LogP contribution in [-0.2, 0) is 0 Å². The Kier molecular flexibility index (Phi) is 3.46. The Morgan fingerprint density at radius 2 is 1.92 bits per heavy atom. The van der Waals surface area contributed by atoms with Crippen molar-refractivity contribution in [2.45, 2.75) is 37.6 Å². The third-order valence-electron chi connectivity index (χ3n) is 4.97. The number of imidazole rings is 1. The minimum absolute atomic E-state index is 0.428. The first-order valence-corrected chi connectivity index (χ1v) is 8.85. The van der Waals surface area contributed by atoms with Gasteiger partial charge in [-0.05, 0) is 31.7 Å². The van der Waals surface area contributed by atoms with E-state index in [9.17, 15) is 0 Å². The molecular weight excluding hydrogens is 316 g/mol. The van der Waals surface area contributed by atoms with Crippen LogP contribution in [0.2, 0.25) is 0 Å². The molecule has 4 heterocycles. The van der Waals surface area contributed by atoms with Crippen molar-refractivity contribution in [1.29, 1.82) is 0 Å². The highest BCUT2D eigenvalue weighted by atomic mass is 15.2. The van der Waals surface area contributed by atoms with Crippen molar-refractivity contribution in [1.82, 2.24) is 29.9 Å². The fourth-order valence-corrected chi connectivity index (χ4v) is 3.43. The molecule has 1 aliphatic heterocycles. The Hall–Kier alpha value is -2.77. The predicted octanol–water partition coefficient (Wildman–Crippen LogP) is 2.10. The molecule has 25 heavy (non-hydrogen) atoms. The van der Waals surface area contributed by atoms with Crippen molar-refractivity contribution in [3.63, 3.8) is 0 Å². The van der Waals surface area contributed by atoms with E-state index in [1.807, 2.05) is 12.3 Å². The number of hydrogen-bond acceptors (Lipinski definition) is 7. The van der Waals surface area contributed by atoms with Gasteiger partial charge in [0, 0.05) is 31.2 Å². The lowest BCUT2D eigenvalue weighted by atomic mass is 10.0. The van der Waals surface area contributed by atoms with Gasteiger partial charge in [0.2, 0.25) is 0 Å². The van der Waals surface area contributed by atoms with Gasteiger partial charge in [0.1, 0.15) is 23.5 Å². The summed E-state index contributed by atoms with van der Waals surface area (Å²) >= 11 is 0. The Balaban J connectivity index is 1.25. The van der Waals surface area contributed by atoms with Crippen molar-refractivity contribution in [2.24, 2.45) is 0 Å².